The molecular formula is C14H18FNO2. The summed E-state index contributed by atoms with van der Waals surface area (Å²) in [6.45, 7) is 6.86. The average Bonchev–Trinajstić information content (AvgIpc) is 2.36. The molecule has 0 bridgehead atoms. The van der Waals surface area contributed by atoms with Crippen LogP contribution in [-0.2, 0) is 16.0 Å². The zero-order chi connectivity index (χ0) is 13.4. The maximum atomic E-state index is 12.7. The maximum Gasteiger partial charge on any atom is 0.334 e. The molecule has 98 valence electrons. The number of nitrogens with one attached hydrogen (secondary N) is 1. The van der Waals surface area contributed by atoms with Crippen LogP contribution in [0.2, 0.25) is 0 Å². The molecule has 1 aromatic carbocycles. The first-order valence-corrected chi connectivity index (χ1v) is 5.93. The summed E-state index contributed by atoms with van der Waals surface area (Å²) in [5, 5.41) is 3.09. The Morgan fingerprint density at radius 1 is 1.39 bits per heavy atom. The highest BCUT2D eigenvalue weighted by atomic mass is 19.1. The minimum atomic E-state index is -0.369. The summed E-state index contributed by atoms with van der Waals surface area (Å²) < 4.78 is 17.5. The number of ether oxygens (including phenoxy) is 1. The number of esters is 1. The number of benzene rings is 1. The Labute approximate surface area is 107 Å². The van der Waals surface area contributed by atoms with Crippen molar-refractivity contribution in [2.45, 2.75) is 13.3 Å². The Balaban J connectivity index is 2.20. The Bertz CT molecular complexity index is 401. The molecule has 0 aliphatic heterocycles. The van der Waals surface area contributed by atoms with Gasteiger partial charge >= 0.3 is 5.97 Å². The number of hydrogen-bond donors (Lipinski definition) is 1. The lowest BCUT2D eigenvalue weighted by Crippen LogP contribution is -2.23. The van der Waals surface area contributed by atoms with Gasteiger partial charge in [0.05, 0.1) is 6.61 Å². The standard InChI is InChI=1S/C14H18FNO2/c1-3-18-14(17)11(2)10-16-9-8-12-4-6-13(15)7-5-12/h4-7,16H,2-3,8-10H2,1H3. The lowest BCUT2D eigenvalue weighted by Gasteiger charge is -2.07. The third-order valence-electron chi connectivity index (χ3n) is 2.41. The second kappa shape index (κ2) is 7.61. The van der Waals surface area contributed by atoms with Gasteiger partial charge in [0.15, 0.2) is 0 Å². The van der Waals surface area contributed by atoms with E-state index in [1.807, 2.05) is 0 Å². The molecule has 0 radical (unpaired) electrons. The van der Waals surface area contributed by atoms with Gasteiger partial charge in [0.2, 0.25) is 0 Å². The second-order valence-corrected chi connectivity index (χ2v) is 3.88. The van der Waals surface area contributed by atoms with Crippen molar-refractivity contribution in [3.8, 4) is 0 Å². The van der Waals surface area contributed by atoms with Crippen molar-refractivity contribution in [3.05, 3.63) is 47.8 Å². The number of halogens is 1. The van der Waals surface area contributed by atoms with Crippen LogP contribution in [0.1, 0.15) is 12.5 Å². The van der Waals surface area contributed by atoms with E-state index in [1.165, 1.54) is 12.1 Å². The van der Waals surface area contributed by atoms with Crippen molar-refractivity contribution in [2.24, 2.45) is 0 Å². The first-order valence-electron chi connectivity index (χ1n) is 5.93. The van der Waals surface area contributed by atoms with E-state index < -0.39 is 0 Å². The lowest BCUT2D eigenvalue weighted by molar-refractivity contribution is -0.138. The summed E-state index contributed by atoms with van der Waals surface area (Å²) in [7, 11) is 0. The van der Waals surface area contributed by atoms with Crippen molar-refractivity contribution in [1.29, 1.82) is 0 Å². The van der Waals surface area contributed by atoms with Crippen LogP contribution in [0.5, 0.6) is 0 Å². The molecule has 0 aliphatic carbocycles. The zero-order valence-corrected chi connectivity index (χ0v) is 10.5. The molecular weight excluding hydrogens is 233 g/mol. The van der Waals surface area contributed by atoms with Crippen molar-refractivity contribution < 1.29 is 13.9 Å². The van der Waals surface area contributed by atoms with Gasteiger partial charge in [-0.2, -0.15) is 0 Å². The summed E-state index contributed by atoms with van der Waals surface area (Å²) in [4.78, 5) is 11.2. The summed E-state index contributed by atoms with van der Waals surface area (Å²) >= 11 is 0. The number of rotatable bonds is 7. The van der Waals surface area contributed by atoms with Crippen LogP contribution in [0.4, 0.5) is 4.39 Å². The van der Waals surface area contributed by atoms with E-state index in [0.717, 1.165) is 12.0 Å². The fraction of sp³-hybridized carbons (Fsp3) is 0.357. The van der Waals surface area contributed by atoms with Crippen LogP contribution >= 0.6 is 0 Å². The quantitative estimate of drug-likeness (QED) is 0.458. The molecule has 1 N–H and O–H groups in total. The molecule has 0 saturated carbocycles. The normalized spacial score (nSPS) is 10.1. The minimum absolute atomic E-state index is 0.234. The summed E-state index contributed by atoms with van der Waals surface area (Å²) in [5.74, 6) is -0.603. The van der Waals surface area contributed by atoms with Crippen molar-refractivity contribution in [3.63, 3.8) is 0 Å². The molecule has 3 nitrogen and oxygen atoms in total. The van der Waals surface area contributed by atoms with Crippen LogP contribution in [-0.4, -0.2) is 25.7 Å². The first kappa shape index (κ1) is 14.4. The smallest absolute Gasteiger partial charge is 0.334 e. The molecule has 0 unspecified atom stereocenters. The highest BCUT2D eigenvalue weighted by Crippen LogP contribution is 2.02. The van der Waals surface area contributed by atoms with Crippen molar-refractivity contribution in [1.82, 2.24) is 5.32 Å². The first-order chi connectivity index (χ1) is 8.63. The van der Waals surface area contributed by atoms with Gasteiger partial charge in [-0.1, -0.05) is 18.7 Å². The minimum Gasteiger partial charge on any atom is -0.463 e. The number of carbonyl (C=O) groups is 1. The molecule has 0 spiro atoms. The lowest BCUT2D eigenvalue weighted by atomic mass is 10.1. The fourth-order valence-corrected chi connectivity index (χ4v) is 1.43. The molecule has 0 aromatic heterocycles. The SMILES string of the molecule is C=C(CNCCc1ccc(F)cc1)C(=O)OCC. The van der Waals surface area contributed by atoms with Gasteiger partial charge in [-0.25, -0.2) is 9.18 Å². The van der Waals surface area contributed by atoms with Crippen LogP contribution in [0.15, 0.2) is 36.4 Å². The van der Waals surface area contributed by atoms with E-state index in [2.05, 4.69) is 11.9 Å². The van der Waals surface area contributed by atoms with Gasteiger partial charge < -0.3 is 10.1 Å². The molecule has 1 rings (SSSR count). The van der Waals surface area contributed by atoms with E-state index in [1.54, 1.807) is 19.1 Å². The molecule has 0 saturated heterocycles. The third-order valence-corrected chi connectivity index (χ3v) is 2.41. The van der Waals surface area contributed by atoms with Gasteiger partial charge in [0.25, 0.3) is 0 Å². The summed E-state index contributed by atoms with van der Waals surface area (Å²) in [6.07, 6.45) is 0.774. The zero-order valence-electron chi connectivity index (χ0n) is 10.5. The van der Waals surface area contributed by atoms with Crippen LogP contribution in [0.25, 0.3) is 0 Å². The molecule has 0 fully saturated rings. The predicted molar refractivity (Wildman–Crippen MR) is 68.7 cm³/mol. The van der Waals surface area contributed by atoms with Gasteiger partial charge in [-0.05, 0) is 37.6 Å². The van der Waals surface area contributed by atoms with E-state index in [-0.39, 0.29) is 11.8 Å². The Hall–Kier alpha value is -1.68. The summed E-state index contributed by atoms with van der Waals surface area (Å²) in [5.41, 5.74) is 1.46. The van der Waals surface area contributed by atoms with Crippen LogP contribution in [0, 0.1) is 5.82 Å². The largest absolute Gasteiger partial charge is 0.463 e. The van der Waals surface area contributed by atoms with Gasteiger partial charge in [-0.15, -0.1) is 0 Å². The maximum absolute atomic E-state index is 12.7. The van der Waals surface area contributed by atoms with Gasteiger partial charge in [0, 0.05) is 12.1 Å². The van der Waals surface area contributed by atoms with E-state index in [9.17, 15) is 9.18 Å². The molecule has 1 aromatic rings. The highest BCUT2D eigenvalue weighted by Gasteiger charge is 2.06. The molecule has 18 heavy (non-hydrogen) atoms. The Morgan fingerprint density at radius 2 is 2.06 bits per heavy atom. The van der Waals surface area contributed by atoms with Gasteiger partial charge in [0.1, 0.15) is 5.82 Å². The van der Waals surface area contributed by atoms with E-state index in [0.29, 0.717) is 25.3 Å². The fourth-order valence-electron chi connectivity index (χ4n) is 1.43. The average molecular weight is 251 g/mol. The molecule has 0 aliphatic rings. The number of carbonyl (C=O) groups excluding carboxylic acids is 1. The van der Waals surface area contributed by atoms with Crippen molar-refractivity contribution in [2.75, 3.05) is 19.7 Å². The number of hydrogen-bond acceptors (Lipinski definition) is 3. The Morgan fingerprint density at radius 3 is 2.67 bits per heavy atom. The van der Waals surface area contributed by atoms with Crippen LogP contribution in [0.3, 0.4) is 0 Å². The topological polar surface area (TPSA) is 38.3 Å². The van der Waals surface area contributed by atoms with Crippen molar-refractivity contribution >= 4 is 5.97 Å². The van der Waals surface area contributed by atoms with Crippen LogP contribution < -0.4 is 5.32 Å². The Kier molecular flexibility index (Phi) is 6.08. The molecule has 4 heteroatoms. The second-order valence-electron chi connectivity index (χ2n) is 3.88. The predicted octanol–water partition coefficient (Wildman–Crippen LogP) is 2.08. The molecule has 0 amide bonds. The monoisotopic (exact) mass is 251 g/mol. The molecule has 0 atom stereocenters. The molecule has 0 heterocycles. The van der Waals surface area contributed by atoms with Gasteiger partial charge in [-0.3, -0.25) is 0 Å². The third kappa shape index (κ3) is 5.10. The summed E-state index contributed by atoms with van der Waals surface area (Å²) in [6, 6.07) is 6.37. The van der Waals surface area contributed by atoms with E-state index >= 15 is 0 Å². The van der Waals surface area contributed by atoms with E-state index in [4.69, 9.17) is 4.74 Å². The highest BCUT2D eigenvalue weighted by molar-refractivity contribution is 5.88.